The fourth-order valence-corrected chi connectivity index (χ4v) is 2.59. The van der Waals surface area contributed by atoms with E-state index in [-0.39, 0.29) is 12.4 Å². The van der Waals surface area contributed by atoms with Crippen LogP contribution in [0.25, 0.3) is 5.82 Å². The van der Waals surface area contributed by atoms with Crippen molar-refractivity contribution in [2.24, 2.45) is 11.8 Å². The quantitative estimate of drug-likeness (QED) is 0.916. The number of carboxylic acids is 1. The summed E-state index contributed by atoms with van der Waals surface area (Å²) in [6.45, 7) is -0.728. The summed E-state index contributed by atoms with van der Waals surface area (Å²) in [5.41, 5.74) is 0. The first-order chi connectivity index (χ1) is 10.9. The number of rotatable bonds is 3. The lowest BCUT2D eigenvalue weighted by molar-refractivity contribution is -0.187. The van der Waals surface area contributed by atoms with E-state index in [0.29, 0.717) is 5.82 Å². The number of nitrogens with zero attached hydrogens (tertiary/aromatic N) is 5. The third kappa shape index (κ3) is 2.96. The van der Waals surface area contributed by atoms with Gasteiger partial charge in [0.1, 0.15) is 5.82 Å². The Labute approximate surface area is 128 Å². The molecule has 3 rings (SSSR count). The SMILES string of the molecule is O=C(O)[C@@H]1CN(c2cncc(-n3cccn3)n2)C[C@H]1C(F)(F)F. The van der Waals surface area contributed by atoms with Crippen molar-refractivity contribution >= 4 is 11.8 Å². The second-order valence-corrected chi connectivity index (χ2v) is 5.18. The van der Waals surface area contributed by atoms with E-state index in [1.807, 2.05) is 0 Å². The predicted octanol–water partition coefficient (Wildman–Crippen LogP) is 1.36. The highest BCUT2D eigenvalue weighted by atomic mass is 19.4. The van der Waals surface area contributed by atoms with Gasteiger partial charge < -0.3 is 10.0 Å². The highest BCUT2D eigenvalue weighted by Gasteiger charge is 2.52. The van der Waals surface area contributed by atoms with Crippen LogP contribution in [0.1, 0.15) is 0 Å². The molecule has 0 unspecified atom stereocenters. The number of hydrogen-bond donors (Lipinski definition) is 1. The van der Waals surface area contributed by atoms with Gasteiger partial charge in [0.15, 0.2) is 5.82 Å². The van der Waals surface area contributed by atoms with Gasteiger partial charge in [0.2, 0.25) is 0 Å². The Kier molecular flexibility index (Phi) is 3.66. The van der Waals surface area contributed by atoms with Crippen LogP contribution in [0.2, 0.25) is 0 Å². The zero-order valence-electron chi connectivity index (χ0n) is 11.7. The van der Waals surface area contributed by atoms with Gasteiger partial charge in [-0.2, -0.15) is 18.3 Å². The molecule has 2 atom stereocenters. The summed E-state index contributed by atoms with van der Waals surface area (Å²) in [6.07, 6.45) is 1.30. The predicted molar refractivity (Wildman–Crippen MR) is 72.0 cm³/mol. The monoisotopic (exact) mass is 327 g/mol. The number of aliphatic carboxylic acids is 1. The van der Waals surface area contributed by atoms with E-state index in [1.165, 1.54) is 28.2 Å². The van der Waals surface area contributed by atoms with E-state index in [9.17, 15) is 18.0 Å². The molecule has 10 heteroatoms. The fourth-order valence-electron chi connectivity index (χ4n) is 2.59. The normalized spacial score (nSPS) is 21.6. The van der Waals surface area contributed by atoms with Crippen molar-refractivity contribution in [2.75, 3.05) is 18.0 Å². The molecule has 0 saturated carbocycles. The number of alkyl halides is 3. The zero-order valence-corrected chi connectivity index (χ0v) is 11.7. The molecule has 0 bridgehead atoms. The Hall–Kier alpha value is -2.65. The third-order valence-corrected chi connectivity index (χ3v) is 3.73. The molecule has 0 aliphatic carbocycles. The second kappa shape index (κ2) is 5.52. The van der Waals surface area contributed by atoms with Crippen molar-refractivity contribution in [3.05, 3.63) is 30.9 Å². The smallest absolute Gasteiger partial charge is 0.394 e. The fraction of sp³-hybridized carbons (Fsp3) is 0.385. The number of carbonyl (C=O) groups is 1. The third-order valence-electron chi connectivity index (χ3n) is 3.73. The van der Waals surface area contributed by atoms with Crippen molar-refractivity contribution < 1.29 is 23.1 Å². The minimum Gasteiger partial charge on any atom is -0.481 e. The highest BCUT2D eigenvalue weighted by Crippen LogP contribution is 2.38. The van der Waals surface area contributed by atoms with Gasteiger partial charge >= 0.3 is 12.1 Å². The molecule has 0 amide bonds. The van der Waals surface area contributed by atoms with Crippen molar-refractivity contribution in [3.8, 4) is 5.82 Å². The van der Waals surface area contributed by atoms with Gasteiger partial charge in [0.05, 0.1) is 24.2 Å². The van der Waals surface area contributed by atoms with Crippen LogP contribution in [0.15, 0.2) is 30.9 Å². The van der Waals surface area contributed by atoms with E-state index in [4.69, 9.17) is 5.11 Å². The van der Waals surface area contributed by atoms with Crippen LogP contribution in [-0.4, -0.2) is 50.1 Å². The Bertz CT molecular complexity index is 704. The van der Waals surface area contributed by atoms with Gasteiger partial charge in [0, 0.05) is 25.5 Å². The standard InChI is InChI=1S/C13H12F3N5O2/c14-13(15,16)9-7-20(6-8(9)12(22)23)10-4-17-5-11(19-10)21-3-1-2-18-21/h1-5,8-9H,6-7H2,(H,22,23)/t8-,9-/m1/s1. The van der Waals surface area contributed by atoms with Gasteiger partial charge in [-0.1, -0.05) is 0 Å². The van der Waals surface area contributed by atoms with Gasteiger partial charge in [-0.05, 0) is 6.07 Å². The van der Waals surface area contributed by atoms with Crippen molar-refractivity contribution in [1.29, 1.82) is 0 Å². The lowest BCUT2D eigenvalue weighted by atomic mass is 9.96. The summed E-state index contributed by atoms with van der Waals surface area (Å²) in [7, 11) is 0. The van der Waals surface area contributed by atoms with Gasteiger partial charge in [-0.25, -0.2) is 9.67 Å². The first-order valence-corrected chi connectivity index (χ1v) is 6.73. The van der Waals surface area contributed by atoms with E-state index < -0.39 is 30.5 Å². The van der Waals surface area contributed by atoms with Crippen LogP contribution in [0, 0.1) is 11.8 Å². The molecule has 1 aliphatic rings. The molecule has 0 aromatic carbocycles. The molecular weight excluding hydrogens is 315 g/mol. The van der Waals surface area contributed by atoms with Crippen molar-refractivity contribution in [3.63, 3.8) is 0 Å². The van der Waals surface area contributed by atoms with Crippen molar-refractivity contribution in [2.45, 2.75) is 6.18 Å². The van der Waals surface area contributed by atoms with Crippen molar-refractivity contribution in [1.82, 2.24) is 19.7 Å². The molecule has 1 saturated heterocycles. The lowest BCUT2D eigenvalue weighted by Gasteiger charge is -2.19. The maximum absolute atomic E-state index is 13.0. The molecule has 3 heterocycles. The first kappa shape index (κ1) is 15.3. The molecule has 1 fully saturated rings. The summed E-state index contributed by atoms with van der Waals surface area (Å²) in [6, 6.07) is 1.67. The summed E-state index contributed by atoms with van der Waals surface area (Å²) >= 11 is 0. The Morgan fingerprint density at radius 1 is 1.26 bits per heavy atom. The largest absolute Gasteiger partial charge is 0.481 e. The first-order valence-electron chi connectivity index (χ1n) is 6.73. The Morgan fingerprint density at radius 3 is 2.57 bits per heavy atom. The van der Waals surface area contributed by atoms with Crippen LogP contribution in [0.5, 0.6) is 0 Å². The van der Waals surface area contributed by atoms with E-state index in [1.54, 1.807) is 12.3 Å². The minimum absolute atomic E-state index is 0.191. The molecular formula is C13H12F3N5O2. The summed E-state index contributed by atoms with van der Waals surface area (Å²) < 4.78 is 40.5. The molecule has 7 nitrogen and oxygen atoms in total. The molecule has 0 spiro atoms. The van der Waals surface area contributed by atoms with Crippen LogP contribution in [-0.2, 0) is 4.79 Å². The lowest BCUT2D eigenvalue weighted by Crippen LogP contribution is -2.33. The molecule has 122 valence electrons. The van der Waals surface area contributed by atoms with Gasteiger partial charge in [-0.3, -0.25) is 9.78 Å². The summed E-state index contributed by atoms with van der Waals surface area (Å²) in [5.74, 6) is -4.39. The summed E-state index contributed by atoms with van der Waals surface area (Å²) in [4.78, 5) is 20.6. The Morgan fingerprint density at radius 2 is 2.00 bits per heavy atom. The molecule has 2 aromatic heterocycles. The zero-order chi connectivity index (χ0) is 16.6. The minimum atomic E-state index is -4.58. The highest BCUT2D eigenvalue weighted by molar-refractivity contribution is 5.72. The van der Waals surface area contributed by atoms with Crippen LogP contribution >= 0.6 is 0 Å². The van der Waals surface area contributed by atoms with E-state index in [0.717, 1.165) is 0 Å². The van der Waals surface area contributed by atoms with Crippen LogP contribution < -0.4 is 4.90 Å². The number of hydrogen-bond acceptors (Lipinski definition) is 5. The topological polar surface area (TPSA) is 84.1 Å². The number of carboxylic acid groups (broad SMARTS) is 1. The summed E-state index contributed by atoms with van der Waals surface area (Å²) in [5, 5.41) is 13.0. The second-order valence-electron chi connectivity index (χ2n) is 5.18. The van der Waals surface area contributed by atoms with Crippen LogP contribution in [0.4, 0.5) is 19.0 Å². The average molecular weight is 327 g/mol. The maximum Gasteiger partial charge on any atom is 0.394 e. The number of halogens is 3. The molecule has 1 aliphatic heterocycles. The Balaban J connectivity index is 1.88. The van der Waals surface area contributed by atoms with Crippen LogP contribution in [0.3, 0.4) is 0 Å². The number of anilines is 1. The van der Waals surface area contributed by atoms with Gasteiger partial charge in [0.25, 0.3) is 0 Å². The molecule has 1 N–H and O–H groups in total. The molecule has 2 aromatic rings. The number of aromatic nitrogens is 4. The van der Waals surface area contributed by atoms with E-state index >= 15 is 0 Å². The molecule has 23 heavy (non-hydrogen) atoms. The van der Waals surface area contributed by atoms with Gasteiger partial charge in [-0.15, -0.1) is 0 Å². The van der Waals surface area contributed by atoms with E-state index in [2.05, 4.69) is 15.1 Å². The molecule has 0 radical (unpaired) electrons. The average Bonchev–Trinajstić information content (AvgIpc) is 3.16. The maximum atomic E-state index is 13.0.